The lowest BCUT2D eigenvalue weighted by molar-refractivity contribution is -0.116. The van der Waals surface area contributed by atoms with Crippen molar-refractivity contribution in [2.45, 2.75) is 12.5 Å². The summed E-state index contributed by atoms with van der Waals surface area (Å²) in [6.07, 6.45) is 4.22. The van der Waals surface area contributed by atoms with Gasteiger partial charge in [0.05, 0.1) is 18.2 Å². The average Bonchev–Trinajstić information content (AvgIpc) is 3.22. The summed E-state index contributed by atoms with van der Waals surface area (Å²) in [4.78, 5) is 14.9. The SMILES string of the molecule is CN(C)CCOc1ccccc1NC(=O)C[C@@H](c1ccc(Cl)cc1)n1cccc1. The highest BCUT2D eigenvalue weighted by Crippen LogP contribution is 2.27. The van der Waals surface area contributed by atoms with Gasteiger partial charge in [0.15, 0.2) is 0 Å². The lowest BCUT2D eigenvalue weighted by Crippen LogP contribution is -2.21. The van der Waals surface area contributed by atoms with Crippen molar-refractivity contribution >= 4 is 23.2 Å². The first-order valence-electron chi connectivity index (χ1n) is 9.57. The Morgan fingerprint density at radius 1 is 1.07 bits per heavy atom. The standard InChI is InChI=1S/C23H26ClN3O2/c1-26(2)15-16-29-22-8-4-3-7-20(22)25-23(28)17-21(27-13-5-6-14-27)18-9-11-19(24)12-10-18/h3-14,21H,15-17H2,1-2H3,(H,25,28)/t21-/m0/s1. The number of nitrogens with zero attached hydrogens (tertiary/aromatic N) is 2. The van der Waals surface area contributed by atoms with Crippen LogP contribution in [0.4, 0.5) is 5.69 Å². The van der Waals surface area contributed by atoms with Crippen LogP contribution in [0.25, 0.3) is 0 Å². The number of anilines is 1. The molecule has 0 radical (unpaired) electrons. The van der Waals surface area contributed by atoms with Gasteiger partial charge in [0.1, 0.15) is 12.4 Å². The van der Waals surface area contributed by atoms with Crippen LogP contribution < -0.4 is 10.1 Å². The number of carbonyl (C=O) groups excluding carboxylic acids is 1. The van der Waals surface area contributed by atoms with Crippen molar-refractivity contribution in [1.82, 2.24) is 9.47 Å². The molecule has 0 aliphatic rings. The van der Waals surface area contributed by atoms with E-state index in [0.29, 0.717) is 29.5 Å². The molecule has 0 saturated heterocycles. The Kier molecular flexibility index (Phi) is 7.33. The number of rotatable bonds is 9. The number of hydrogen-bond donors (Lipinski definition) is 1. The van der Waals surface area contributed by atoms with E-state index < -0.39 is 0 Å². The number of amides is 1. The predicted molar refractivity (Wildman–Crippen MR) is 118 cm³/mol. The third kappa shape index (κ3) is 6.11. The molecular formula is C23H26ClN3O2. The first kappa shape index (κ1) is 21.0. The Labute approximate surface area is 176 Å². The number of aromatic nitrogens is 1. The van der Waals surface area contributed by atoms with Gasteiger partial charge in [-0.05, 0) is 56.1 Å². The van der Waals surface area contributed by atoms with Crippen LogP contribution in [0.2, 0.25) is 5.02 Å². The van der Waals surface area contributed by atoms with Crippen LogP contribution in [0.1, 0.15) is 18.0 Å². The minimum atomic E-state index is -0.121. The molecule has 0 spiro atoms. The zero-order chi connectivity index (χ0) is 20.6. The summed E-state index contributed by atoms with van der Waals surface area (Å²) < 4.78 is 7.88. The summed E-state index contributed by atoms with van der Waals surface area (Å²) in [7, 11) is 3.99. The fourth-order valence-corrected chi connectivity index (χ4v) is 3.17. The van der Waals surface area contributed by atoms with E-state index in [9.17, 15) is 4.79 Å². The van der Waals surface area contributed by atoms with Crippen LogP contribution in [0.5, 0.6) is 5.75 Å². The van der Waals surface area contributed by atoms with Crippen molar-refractivity contribution in [3.05, 3.63) is 83.6 Å². The maximum Gasteiger partial charge on any atom is 0.226 e. The number of halogens is 1. The number of nitrogens with one attached hydrogen (secondary N) is 1. The molecule has 0 saturated carbocycles. The van der Waals surface area contributed by atoms with Gasteiger partial charge in [-0.2, -0.15) is 0 Å². The molecule has 1 amide bonds. The molecule has 6 heteroatoms. The Bertz CT molecular complexity index is 908. The predicted octanol–water partition coefficient (Wildman–Crippen LogP) is 4.70. The number of benzene rings is 2. The molecular weight excluding hydrogens is 386 g/mol. The fraction of sp³-hybridized carbons (Fsp3) is 0.261. The number of para-hydroxylation sites is 2. The van der Waals surface area contributed by atoms with Crippen LogP contribution >= 0.6 is 11.6 Å². The van der Waals surface area contributed by atoms with Gasteiger partial charge >= 0.3 is 0 Å². The molecule has 1 aromatic heterocycles. The highest BCUT2D eigenvalue weighted by molar-refractivity contribution is 6.30. The minimum Gasteiger partial charge on any atom is -0.490 e. The minimum absolute atomic E-state index is 0.0812. The number of ether oxygens (including phenoxy) is 1. The smallest absolute Gasteiger partial charge is 0.226 e. The molecule has 0 unspecified atom stereocenters. The van der Waals surface area contributed by atoms with E-state index in [2.05, 4.69) is 10.2 Å². The molecule has 0 fully saturated rings. The average molecular weight is 412 g/mol. The lowest BCUT2D eigenvalue weighted by Gasteiger charge is -2.20. The summed E-state index contributed by atoms with van der Waals surface area (Å²) in [5, 5.41) is 3.68. The van der Waals surface area contributed by atoms with Gasteiger partial charge in [-0.1, -0.05) is 35.9 Å². The van der Waals surface area contributed by atoms with Gasteiger partial charge in [0, 0.05) is 24.0 Å². The van der Waals surface area contributed by atoms with Gasteiger partial charge in [0.25, 0.3) is 0 Å². The largest absolute Gasteiger partial charge is 0.490 e. The van der Waals surface area contributed by atoms with Crippen LogP contribution in [-0.4, -0.2) is 42.6 Å². The lowest BCUT2D eigenvalue weighted by atomic mass is 10.0. The Hall–Kier alpha value is -2.76. The van der Waals surface area contributed by atoms with Crippen LogP contribution in [0.15, 0.2) is 73.1 Å². The monoisotopic (exact) mass is 411 g/mol. The molecule has 2 aromatic carbocycles. The molecule has 0 aliphatic carbocycles. The van der Waals surface area contributed by atoms with Crippen LogP contribution in [-0.2, 0) is 4.79 Å². The number of hydrogen-bond acceptors (Lipinski definition) is 3. The van der Waals surface area contributed by atoms with E-state index in [-0.39, 0.29) is 11.9 Å². The summed E-state index contributed by atoms with van der Waals surface area (Å²) in [5.41, 5.74) is 1.70. The first-order chi connectivity index (χ1) is 14.0. The molecule has 3 rings (SSSR count). The van der Waals surface area contributed by atoms with Crippen molar-refractivity contribution < 1.29 is 9.53 Å². The van der Waals surface area contributed by atoms with E-state index >= 15 is 0 Å². The molecule has 29 heavy (non-hydrogen) atoms. The fourth-order valence-electron chi connectivity index (χ4n) is 3.05. The second-order valence-electron chi connectivity index (χ2n) is 7.10. The van der Waals surface area contributed by atoms with E-state index in [1.165, 1.54) is 0 Å². The second kappa shape index (κ2) is 10.1. The van der Waals surface area contributed by atoms with E-state index in [4.69, 9.17) is 16.3 Å². The van der Waals surface area contributed by atoms with Crippen molar-refractivity contribution in [2.24, 2.45) is 0 Å². The number of carbonyl (C=O) groups is 1. The Morgan fingerprint density at radius 3 is 2.45 bits per heavy atom. The second-order valence-corrected chi connectivity index (χ2v) is 7.53. The maximum absolute atomic E-state index is 12.9. The molecule has 0 bridgehead atoms. The topological polar surface area (TPSA) is 46.5 Å². The van der Waals surface area contributed by atoms with Gasteiger partial charge in [-0.25, -0.2) is 0 Å². The van der Waals surface area contributed by atoms with Crippen LogP contribution in [0.3, 0.4) is 0 Å². The summed E-state index contributed by atoms with van der Waals surface area (Å²) in [6, 6.07) is 18.9. The highest BCUT2D eigenvalue weighted by Gasteiger charge is 2.18. The maximum atomic E-state index is 12.9. The van der Waals surface area contributed by atoms with Gasteiger partial charge in [-0.3, -0.25) is 4.79 Å². The summed E-state index contributed by atoms with van der Waals surface area (Å²) in [6.45, 7) is 1.35. The van der Waals surface area contributed by atoms with E-state index in [1.54, 1.807) is 0 Å². The third-order valence-corrected chi connectivity index (χ3v) is 4.83. The number of likely N-dealkylation sites (N-methyl/N-ethyl adjacent to an activating group) is 1. The zero-order valence-electron chi connectivity index (χ0n) is 16.7. The molecule has 5 nitrogen and oxygen atoms in total. The van der Waals surface area contributed by atoms with Gasteiger partial charge < -0.3 is 19.5 Å². The van der Waals surface area contributed by atoms with Gasteiger partial charge in [-0.15, -0.1) is 0 Å². The van der Waals surface area contributed by atoms with Crippen molar-refractivity contribution in [3.63, 3.8) is 0 Å². The molecule has 152 valence electrons. The van der Waals surface area contributed by atoms with Crippen LogP contribution in [0, 0.1) is 0 Å². The van der Waals surface area contributed by atoms with E-state index in [1.807, 2.05) is 91.7 Å². The molecule has 3 aromatic rings. The third-order valence-electron chi connectivity index (χ3n) is 4.58. The van der Waals surface area contributed by atoms with E-state index in [0.717, 1.165) is 12.1 Å². The molecule has 0 aliphatic heterocycles. The summed E-state index contributed by atoms with van der Waals surface area (Å²) >= 11 is 6.03. The van der Waals surface area contributed by atoms with Crippen molar-refractivity contribution in [1.29, 1.82) is 0 Å². The Morgan fingerprint density at radius 2 is 1.76 bits per heavy atom. The Balaban J connectivity index is 1.72. The van der Waals surface area contributed by atoms with Crippen molar-refractivity contribution in [2.75, 3.05) is 32.6 Å². The molecule has 1 atom stereocenters. The van der Waals surface area contributed by atoms with Crippen molar-refractivity contribution in [3.8, 4) is 5.75 Å². The molecule has 1 N–H and O–H groups in total. The first-order valence-corrected chi connectivity index (χ1v) is 9.95. The highest BCUT2D eigenvalue weighted by atomic mass is 35.5. The van der Waals surface area contributed by atoms with Gasteiger partial charge in [0.2, 0.25) is 5.91 Å². The summed E-state index contributed by atoms with van der Waals surface area (Å²) in [5.74, 6) is 0.592. The zero-order valence-corrected chi connectivity index (χ0v) is 17.5. The quantitative estimate of drug-likeness (QED) is 0.555. The normalized spacial score (nSPS) is 12.0. The molecule has 1 heterocycles.